The van der Waals surface area contributed by atoms with Crippen molar-refractivity contribution in [3.8, 4) is 0 Å². The van der Waals surface area contributed by atoms with E-state index in [1.54, 1.807) is 0 Å². The highest BCUT2D eigenvalue weighted by molar-refractivity contribution is 14.0. The fourth-order valence-electron chi connectivity index (χ4n) is 3.41. The van der Waals surface area contributed by atoms with Gasteiger partial charge in [-0.05, 0) is 30.6 Å². The van der Waals surface area contributed by atoms with E-state index in [4.69, 9.17) is 0 Å². The topological polar surface area (TPSA) is 45.5 Å². The third-order valence-corrected chi connectivity index (χ3v) is 4.97. The maximum atomic E-state index is 4.51. The van der Waals surface area contributed by atoms with Crippen LogP contribution in [0.5, 0.6) is 0 Å². The van der Waals surface area contributed by atoms with E-state index >= 15 is 0 Å². The number of halogens is 1. The SMILES string of the molecule is CN=C(NCCCCC(C)(C)C)N1CCC(C)C(n2ccnc2)C1.I. The van der Waals surface area contributed by atoms with Gasteiger partial charge in [0.25, 0.3) is 0 Å². The lowest BCUT2D eigenvalue weighted by Crippen LogP contribution is -2.49. The van der Waals surface area contributed by atoms with Crippen molar-refractivity contribution in [2.75, 3.05) is 26.7 Å². The van der Waals surface area contributed by atoms with Crippen molar-refractivity contribution in [3.63, 3.8) is 0 Å². The van der Waals surface area contributed by atoms with E-state index in [9.17, 15) is 0 Å². The summed E-state index contributed by atoms with van der Waals surface area (Å²) >= 11 is 0. The Balaban J connectivity index is 0.00000312. The molecule has 2 unspecified atom stereocenters. The summed E-state index contributed by atoms with van der Waals surface area (Å²) in [5, 5.41) is 3.56. The first kappa shape index (κ1) is 22.3. The van der Waals surface area contributed by atoms with E-state index in [-0.39, 0.29) is 24.0 Å². The summed E-state index contributed by atoms with van der Waals surface area (Å²) in [4.78, 5) is 11.1. The molecule has 1 saturated heterocycles. The van der Waals surface area contributed by atoms with Crippen molar-refractivity contribution >= 4 is 29.9 Å². The summed E-state index contributed by atoms with van der Waals surface area (Å²) in [5.41, 5.74) is 0.433. The van der Waals surface area contributed by atoms with E-state index in [2.05, 4.69) is 58.7 Å². The number of unbranched alkanes of at least 4 members (excludes halogenated alkanes) is 1. The first-order valence-electron chi connectivity index (χ1n) is 9.34. The van der Waals surface area contributed by atoms with E-state index in [1.165, 1.54) is 25.7 Å². The summed E-state index contributed by atoms with van der Waals surface area (Å²) < 4.78 is 2.24. The second kappa shape index (κ2) is 10.4. The zero-order chi connectivity index (χ0) is 17.6. The molecule has 1 aliphatic heterocycles. The Morgan fingerprint density at radius 1 is 1.32 bits per heavy atom. The molecule has 0 aliphatic carbocycles. The van der Waals surface area contributed by atoms with Gasteiger partial charge in [0.1, 0.15) is 0 Å². The average Bonchev–Trinajstić information content (AvgIpc) is 3.05. The van der Waals surface area contributed by atoms with E-state index < -0.39 is 0 Å². The van der Waals surface area contributed by atoms with Crippen molar-refractivity contribution in [1.82, 2.24) is 19.8 Å². The average molecular weight is 461 g/mol. The Bertz CT molecular complexity index is 506. The van der Waals surface area contributed by atoms with Gasteiger partial charge in [-0.1, -0.05) is 34.1 Å². The van der Waals surface area contributed by atoms with Crippen LogP contribution in [0.15, 0.2) is 23.7 Å². The lowest BCUT2D eigenvalue weighted by atomic mass is 9.90. The van der Waals surface area contributed by atoms with Crippen molar-refractivity contribution in [1.29, 1.82) is 0 Å². The highest BCUT2D eigenvalue weighted by atomic mass is 127. The summed E-state index contributed by atoms with van der Waals surface area (Å²) in [7, 11) is 1.89. The van der Waals surface area contributed by atoms with Crippen LogP contribution in [0.3, 0.4) is 0 Å². The molecule has 0 amide bonds. The maximum Gasteiger partial charge on any atom is 0.193 e. The molecule has 2 atom stereocenters. The Kier molecular flexibility index (Phi) is 9.24. The maximum absolute atomic E-state index is 4.51. The zero-order valence-corrected chi connectivity index (χ0v) is 18.9. The van der Waals surface area contributed by atoms with Gasteiger partial charge in [0.15, 0.2) is 5.96 Å². The summed E-state index contributed by atoms with van der Waals surface area (Å²) in [5.74, 6) is 1.71. The van der Waals surface area contributed by atoms with Crippen LogP contribution in [0, 0.1) is 11.3 Å². The largest absolute Gasteiger partial charge is 0.356 e. The van der Waals surface area contributed by atoms with Gasteiger partial charge in [-0.2, -0.15) is 0 Å². The molecular formula is C19H36IN5. The van der Waals surface area contributed by atoms with E-state index in [1.807, 2.05) is 19.6 Å². The molecule has 2 rings (SSSR count). The van der Waals surface area contributed by atoms with Crippen LogP contribution in [-0.2, 0) is 0 Å². The first-order chi connectivity index (χ1) is 11.4. The zero-order valence-electron chi connectivity index (χ0n) is 16.5. The van der Waals surface area contributed by atoms with Crippen LogP contribution in [0.2, 0.25) is 0 Å². The highest BCUT2D eigenvalue weighted by Gasteiger charge is 2.28. The second-order valence-corrected chi connectivity index (χ2v) is 8.28. The Labute approximate surface area is 170 Å². The van der Waals surface area contributed by atoms with Crippen molar-refractivity contribution in [2.45, 2.75) is 59.4 Å². The molecule has 1 aromatic heterocycles. The first-order valence-corrected chi connectivity index (χ1v) is 9.34. The standard InChI is InChI=1S/C19H35N5.HI/c1-16-8-12-23(14-17(16)24-13-11-21-15-24)18(20-5)22-10-7-6-9-19(2,3)4;/h11,13,15-17H,6-10,12,14H2,1-5H3,(H,20,22);1H. The number of hydrogen-bond acceptors (Lipinski definition) is 2. The van der Waals surface area contributed by atoms with Crippen LogP contribution >= 0.6 is 24.0 Å². The third-order valence-electron chi connectivity index (χ3n) is 4.97. The molecule has 0 aromatic carbocycles. The normalized spacial score (nSPS) is 21.8. The van der Waals surface area contributed by atoms with Crippen LogP contribution in [0.1, 0.15) is 59.4 Å². The molecule has 144 valence electrons. The predicted octanol–water partition coefficient (Wildman–Crippen LogP) is 4.18. The lowest BCUT2D eigenvalue weighted by molar-refractivity contribution is 0.189. The number of nitrogens with zero attached hydrogens (tertiary/aromatic N) is 4. The summed E-state index contributed by atoms with van der Waals surface area (Å²) in [6.45, 7) is 12.3. The quantitative estimate of drug-likeness (QED) is 0.310. The van der Waals surface area contributed by atoms with Gasteiger partial charge in [-0.3, -0.25) is 4.99 Å². The molecule has 2 heterocycles. The fraction of sp³-hybridized carbons (Fsp3) is 0.789. The summed E-state index contributed by atoms with van der Waals surface area (Å²) in [6, 6.07) is 0.473. The molecule has 0 radical (unpaired) electrons. The minimum atomic E-state index is 0. The monoisotopic (exact) mass is 461 g/mol. The number of rotatable bonds is 5. The molecule has 5 nitrogen and oxygen atoms in total. The molecule has 0 bridgehead atoms. The van der Waals surface area contributed by atoms with Gasteiger partial charge in [-0.25, -0.2) is 4.98 Å². The van der Waals surface area contributed by atoms with Gasteiger partial charge in [0.05, 0.1) is 12.4 Å². The van der Waals surface area contributed by atoms with Crippen LogP contribution in [0.4, 0.5) is 0 Å². The Morgan fingerprint density at radius 2 is 2.08 bits per heavy atom. The molecule has 1 fully saturated rings. The number of aliphatic imine (C=N–C) groups is 1. The molecule has 25 heavy (non-hydrogen) atoms. The minimum absolute atomic E-state index is 0. The molecule has 6 heteroatoms. The van der Waals surface area contributed by atoms with Crippen LogP contribution in [-0.4, -0.2) is 47.1 Å². The van der Waals surface area contributed by atoms with Crippen LogP contribution in [0.25, 0.3) is 0 Å². The number of aromatic nitrogens is 2. The molecule has 1 aromatic rings. The number of nitrogens with one attached hydrogen (secondary N) is 1. The number of imidazole rings is 1. The van der Waals surface area contributed by atoms with Crippen LogP contribution < -0.4 is 5.32 Å². The molecule has 0 saturated carbocycles. The smallest absolute Gasteiger partial charge is 0.193 e. The number of likely N-dealkylation sites (tertiary alicyclic amines) is 1. The van der Waals surface area contributed by atoms with Crippen molar-refractivity contribution in [3.05, 3.63) is 18.7 Å². The molecule has 1 aliphatic rings. The van der Waals surface area contributed by atoms with E-state index in [0.29, 0.717) is 17.4 Å². The van der Waals surface area contributed by atoms with Gasteiger partial charge >= 0.3 is 0 Å². The fourth-order valence-corrected chi connectivity index (χ4v) is 3.41. The van der Waals surface area contributed by atoms with Gasteiger partial charge < -0.3 is 14.8 Å². The van der Waals surface area contributed by atoms with Gasteiger partial charge in [0.2, 0.25) is 0 Å². The van der Waals surface area contributed by atoms with Crippen molar-refractivity contribution in [2.24, 2.45) is 16.3 Å². The number of guanidine groups is 1. The number of piperidine rings is 1. The van der Waals surface area contributed by atoms with Crippen molar-refractivity contribution < 1.29 is 0 Å². The summed E-state index contributed by atoms with van der Waals surface area (Å²) in [6.07, 6.45) is 10.8. The minimum Gasteiger partial charge on any atom is -0.356 e. The Hall–Kier alpha value is -0.790. The lowest BCUT2D eigenvalue weighted by Gasteiger charge is -2.39. The predicted molar refractivity (Wildman–Crippen MR) is 117 cm³/mol. The van der Waals surface area contributed by atoms with E-state index in [0.717, 1.165) is 25.6 Å². The van der Waals surface area contributed by atoms with Gasteiger partial charge in [0, 0.05) is 39.1 Å². The second-order valence-electron chi connectivity index (χ2n) is 8.28. The molecule has 1 N–H and O–H groups in total. The molecule has 0 spiro atoms. The number of hydrogen-bond donors (Lipinski definition) is 1. The third kappa shape index (κ3) is 7.15. The Morgan fingerprint density at radius 3 is 2.68 bits per heavy atom. The highest BCUT2D eigenvalue weighted by Crippen LogP contribution is 2.27. The molecular weight excluding hydrogens is 425 g/mol. The van der Waals surface area contributed by atoms with Gasteiger partial charge in [-0.15, -0.1) is 24.0 Å².